The minimum Gasteiger partial charge on any atom is -0.477 e. The molecule has 2 aromatic rings. The fourth-order valence-electron chi connectivity index (χ4n) is 1.46. The van der Waals surface area contributed by atoms with E-state index in [0.29, 0.717) is 0 Å². The second-order valence-electron chi connectivity index (χ2n) is 3.69. The van der Waals surface area contributed by atoms with Gasteiger partial charge in [0.1, 0.15) is 5.69 Å². The number of aromatic nitrogens is 1. The Morgan fingerprint density at radius 3 is 2.83 bits per heavy atom. The predicted octanol–water partition coefficient (Wildman–Crippen LogP) is 3.70. The lowest BCUT2D eigenvalue weighted by Gasteiger charge is -2.00. The Labute approximate surface area is 114 Å². The number of thiophene rings is 1. The van der Waals surface area contributed by atoms with Crippen molar-refractivity contribution in [1.29, 1.82) is 0 Å². The molecule has 1 N–H and O–H groups in total. The van der Waals surface area contributed by atoms with Gasteiger partial charge in [-0.2, -0.15) is 0 Å². The van der Waals surface area contributed by atoms with E-state index in [1.165, 1.54) is 16.0 Å². The summed E-state index contributed by atoms with van der Waals surface area (Å²) in [6.07, 6.45) is 2.60. The van der Waals surface area contributed by atoms with Crippen LogP contribution in [0, 0.1) is 0 Å². The van der Waals surface area contributed by atoms with E-state index in [1.807, 2.05) is 17.4 Å². The Balaban J connectivity index is 2.01. The average Bonchev–Trinajstić information content (AvgIpc) is 2.84. The van der Waals surface area contributed by atoms with E-state index in [2.05, 4.69) is 24.0 Å². The zero-order chi connectivity index (χ0) is 13.0. The highest BCUT2D eigenvalue weighted by Gasteiger charge is 2.06. The molecule has 5 heteroatoms. The summed E-state index contributed by atoms with van der Waals surface area (Å²) in [5.41, 5.74) is 0.0976. The van der Waals surface area contributed by atoms with Crippen LogP contribution in [0.15, 0.2) is 35.4 Å². The topological polar surface area (TPSA) is 50.2 Å². The third-order valence-corrected chi connectivity index (χ3v) is 4.85. The Morgan fingerprint density at radius 1 is 1.39 bits per heavy atom. The fourth-order valence-corrected chi connectivity index (χ4v) is 3.39. The third-order valence-electron chi connectivity index (χ3n) is 2.40. The molecule has 0 radical (unpaired) electrons. The van der Waals surface area contributed by atoms with Gasteiger partial charge >= 0.3 is 5.97 Å². The summed E-state index contributed by atoms with van der Waals surface area (Å²) < 4.78 is 0. The maximum Gasteiger partial charge on any atom is 0.354 e. The summed E-state index contributed by atoms with van der Waals surface area (Å²) in [5.74, 6) is -0.116. The summed E-state index contributed by atoms with van der Waals surface area (Å²) >= 11 is 3.45. The van der Waals surface area contributed by atoms with E-state index >= 15 is 0 Å². The Hall–Kier alpha value is -1.33. The zero-order valence-corrected chi connectivity index (χ0v) is 11.6. The van der Waals surface area contributed by atoms with Gasteiger partial charge in [-0.3, -0.25) is 0 Å². The van der Waals surface area contributed by atoms with Crippen LogP contribution in [0.2, 0.25) is 0 Å². The normalized spacial score (nSPS) is 10.5. The van der Waals surface area contributed by atoms with Crippen LogP contribution in [0.3, 0.4) is 0 Å². The van der Waals surface area contributed by atoms with Crippen molar-refractivity contribution in [3.63, 3.8) is 0 Å². The number of hydrogen-bond donors (Lipinski definition) is 1. The maximum absolute atomic E-state index is 10.8. The zero-order valence-electron chi connectivity index (χ0n) is 9.92. The van der Waals surface area contributed by atoms with Crippen LogP contribution in [0.4, 0.5) is 0 Å². The van der Waals surface area contributed by atoms with E-state index in [-0.39, 0.29) is 5.69 Å². The Morgan fingerprint density at radius 2 is 2.17 bits per heavy atom. The van der Waals surface area contributed by atoms with Crippen LogP contribution < -0.4 is 0 Å². The Bertz CT molecular complexity index is 551. The van der Waals surface area contributed by atoms with Crippen molar-refractivity contribution in [2.45, 2.75) is 24.0 Å². The van der Waals surface area contributed by atoms with Gasteiger partial charge in [0.2, 0.25) is 0 Å². The van der Waals surface area contributed by atoms with Crippen molar-refractivity contribution in [2.24, 2.45) is 0 Å². The molecule has 0 aliphatic carbocycles. The van der Waals surface area contributed by atoms with Crippen LogP contribution in [0.5, 0.6) is 0 Å². The highest BCUT2D eigenvalue weighted by molar-refractivity contribution is 7.98. The molecule has 0 saturated heterocycles. The molecule has 0 aromatic carbocycles. The molecule has 0 atom stereocenters. The number of aromatic carboxylic acids is 1. The summed E-state index contributed by atoms with van der Waals surface area (Å²) in [6, 6.07) is 7.73. The molecule has 18 heavy (non-hydrogen) atoms. The van der Waals surface area contributed by atoms with Gasteiger partial charge < -0.3 is 5.11 Å². The van der Waals surface area contributed by atoms with E-state index in [0.717, 1.165) is 17.1 Å². The van der Waals surface area contributed by atoms with Crippen molar-refractivity contribution in [3.05, 3.63) is 45.9 Å². The lowest BCUT2D eigenvalue weighted by molar-refractivity contribution is 0.0690. The molecule has 0 amide bonds. The number of thioether (sulfide) groups is 1. The Kier molecular flexibility index (Phi) is 4.38. The highest BCUT2D eigenvalue weighted by atomic mass is 32.2. The molecule has 3 nitrogen and oxygen atoms in total. The molecule has 94 valence electrons. The fraction of sp³-hybridized carbons (Fsp3) is 0.231. The summed E-state index contributed by atoms with van der Waals surface area (Å²) in [5, 5.41) is 8.86. The number of pyridine rings is 1. The van der Waals surface area contributed by atoms with Crippen molar-refractivity contribution in [1.82, 2.24) is 4.98 Å². The van der Waals surface area contributed by atoms with Crippen molar-refractivity contribution >= 4 is 29.1 Å². The van der Waals surface area contributed by atoms with Gasteiger partial charge in [-0.05, 0) is 30.7 Å². The first-order valence-corrected chi connectivity index (χ1v) is 7.39. The third kappa shape index (κ3) is 3.34. The molecule has 2 heterocycles. The van der Waals surface area contributed by atoms with Gasteiger partial charge in [0.25, 0.3) is 0 Å². The number of carbonyl (C=O) groups is 1. The molecule has 2 aromatic heterocycles. The van der Waals surface area contributed by atoms with Gasteiger partial charge in [-0.15, -0.1) is 23.1 Å². The number of rotatable bonds is 5. The quantitative estimate of drug-likeness (QED) is 0.848. The summed E-state index contributed by atoms with van der Waals surface area (Å²) in [6.45, 7) is 2.14. The molecular weight excluding hydrogens is 266 g/mol. The van der Waals surface area contributed by atoms with E-state index in [4.69, 9.17) is 5.11 Å². The number of carboxylic acids is 1. The van der Waals surface area contributed by atoms with Crippen LogP contribution in [-0.4, -0.2) is 16.1 Å². The second kappa shape index (κ2) is 6.02. The molecule has 0 aliphatic heterocycles. The first kappa shape index (κ1) is 13.1. The van der Waals surface area contributed by atoms with Gasteiger partial charge in [0.05, 0.1) is 0 Å². The highest BCUT2D eigenvalue weighted by Crippen LogP contribution is 2.27. The van der Waals surface area contributed by atoms with E-state index < -0.39 is 5.97 Å². The van der Waals surface area contributed by atoms with Crippen molar-refractivity contribution in [2.75, 3.05) is 0 Å². The molecule has 0 bridgehead atoms. The minimum absolute atomic E-state index is 0.0976. The van der Waals surface area contributed by atoms with Gasteiger partial charge in [-0.25, -0.2) is 9.78 Å². The largest absolute Gasteiger partial charge is 0.477 e. The smallest absolute Gasteiger partial charge is 0.354 e. The first-order chi connectivity index (χ1) is 8.69. The SMILES string of the molecule is CCc1ccc(CSc2ccnc(C(=O)O)c2)s1. The number of carboxylic acid groups (broad SMARTS) is 1. The molecule has 0 spiro atoms. The number of aryl methyl sites for hydroxylation is 1. The maximum atomic E-state index is 10.8. The molecule has 0 unspecified atom stereocenters. The summed E-state index contributed by atoms with van der Waals surface area (Å²) in [4.78, 5) is 18.2. The molecule has 0 saturated carbocycles. The average molecular weight is 279 g/mol. The standard InChI is InChI=1S/C13H13NO2S2/c1-2-9-3-4-11(18-9)8-17-10-5-6-14-12(7-10)13(15)16/h3-7H,2,8H2,1H3,(H,15,16). The lowest BCUT2D eigenvalue weighted by Crippen LogP contribution is -1.99. The van der Waals surface area contributed by atoms with Gasteiger partial charge in [-0.1, -0.05) is 6.92 Å². The predicted molar refractivity (Wildman–Crippen MR) is 74.5 cm³/mol. The van der Waals surface area contributed by atoms with Gasteiger partial charge in [0, 0.05) is 26.6 Å². The van der Waals surface area contributed by atoms with Crippen LogP contribution >= 0.6 is 23.1 Å². The number of hydrogen-bond acceptors (Lipinski definition) is 4. The number of nitrogens with zero attached hydrogens (tertiary/aromatic N) is 1. The van der Waals surface area contributed by atoms with Crippen molar-refractivity contribution in [3.8, 4) is 0 Å². The van der Waals surface area contributed by atoms with Gasteiger partial charge in [0.15, 0.2) is 0 Å². The monoisotopic (exact) mass is 279 g/mol. The van der Waals surface area contributed by atoms with Crippen LogP contribution in [0.25, 0.3) is 0 Å². The first-order valence-electron chi connectivity index (χ1n) is 5.58. The summed E-state index contributed by atoms with van der Waals surface area (Å²) in [7, 11) is 0. The van der Waals surface area contributed by atoms with E-state index in [1.54, 1.807) is 17.8 Å². The molecule has 2 rings (SSSR count). The van der Waals surface area contributed by atoms with Crippen LogP contribution in [-0.2, 0) is 12.2 Å². The second-order valence-corrected chi connectivity index (χ2v) is 5.99. The van der Waals surface area contributed by atoms with E-state index in [9.17, 15) is 4.79 Å². The molecular formula is C13H13NO2S2. The minimum atomic E-state index is -0.984. The van der Waals surface area contributed by atoms with Crippen LogP contribution in [0.1, 0.15) is 27.2 Å². The lowest BCUT2D eigenvalue weighted by atomic mass is 10.3. The molecule has 0 fully saturated rings. The van der Waals surface area contributed by atoms with Crippen molar-refractivity contribution < 1.29 is 9.90 Å². The molecule has 0 aliphatic rings.